The number of halogens is 1. The molecule has 0 bridgehead atoms. The van der Waals surface area contributed by atoms with Crippen molar-refractivity contribution in [3.8, 4) is 22.0 Å². The second-order valence-electron chi connectivity index (χ2n) is 7.78. The maximum Gasteiger partial charge on any atom is 0.234 e. The van der Waals surface area contributed by atoms with E-state index in [1.54, 1.807) is 11.3 Å². The van der Waals surface area contributed by atoms with E-state index < -0.39 is 0 Å². The molecule has 0 saturated heterocycles. The minimum atomic E-state index is -0.107. The molecule has 3 aromatic carbocycles. The smallest absolute Gasteiger partial charge is 0.234 e. The Balaban J connectivity index is 1.21. The molecule has 6 nitrogen and oxygen atoms in total. The Labute approximate surface area is 210 Å². The summed E-state index contributed by atoms with van der Waals surface area (Å²) in [5.41, 5.74) is 4.91. The Morgan fingerprint density at radius 1 is 1.03 bits per heavy atom. The standard InChI is InChI=1S/C25H20ClN5OS2/c1-15-3-12-20-21(13-15)34-24(28-20)17-6-10-19(11-7-17)27-22(32)14-33-25-30-29-23(31(25)2)16-4-8-18(26)9-5-16/h3-13H,14H2,1-2H3,(H,27,32). The summed E-state index contributed by atoms with van der Waals surface area (Å²) >= 11 is 8.97. The summed E-state index contributed by atoms with van der Waals surface area (Å²) in [5.74, 6) is 0.843. The van der Waals surface area contributed by atoms with Crippen molar-refractivity contribution in [3.05, 3.63) is 77.3 Å². The molecule has 5 rings (SSSR count). The van der Waals surface area contributed by atoms with Crippen molar-refractivity contribution in [2.45, 2.75) is 12.1 Å². The maximum atomic E-state index is 12.5. The zero-order valence-electron chi connectivity index (χ0n) is 18.4. The van der Waals surface area contributed by atoms with Crippen LogP contribution in [0.1, 0.15) is 5.56 Å². The van der Waals surface area contributed by atoms with Crippen LogP contribution in [0.5, 0.6) is 0 Å². The molecule has 0 radical (unpaired) electrons. The summed E-state index contributed by atoms with van der Waals surface area (Å²) in [7, 11) is 1.88. The first kappa shape index (κ1) is 22.6. The van der Waals surface area contributed by atoms with Gasteiger partial charge < -0.3 is 9.88 Å². The van der Waals surface area contributed by atoms with Gasteiger partial charge in [-0.05, 0) is 73.2 Å². The average Bonchev–Trinajstić information content (AvgIpc) is 3.42. The third kappa shape index (κ3) is 4.84. The minimum absolute atomic E-state index is 0.107. The molecule has 2 aromatic heterocycles. The largest absolute Gasteiger partial charge is 0.325 e. The number of nitrogens with zero attached hydrogens (tertiary/aromatic N) is 4. The van der Waals surface area contributed by atoms with Gasteiger partial charge in [0.1, 0.15) is 5.01 Å². The van der Waals surface area contributed by atoms with Gasteiger partial charge in [-0.3, -0.25) is 4.79 Å². The molecule has 170 valence electrons. The van der Waals surface area contributed by atoms with Gasteiger partial charge in [0.05, 0.1) is 16.0 Å². The molecule has 0 aliphatic carbocycles. The number of aryl methyl sites for hydroxylation is 1. The number of rotatable bonds is 6. The number of anilines is 1. The fourth-order valence-corrected chi connectivity index (χ4v) is 5.38. The second-order valence-corrected chi connectivity index (χ2v) is 10.2. The van der Waals surface area contributed by atoms with E-state index in [-0.39, 0.29) is 11.7 Å². The first-order valence-corrected chi connectivity index (χ1v) is 12.7. The van der Waals surface area contributed by atoms with Crippen molar-refractivity contribution < 1.29 is 4.79 Å². The van der Waals surface area contributed by atoms with E-state index in [1.807, 2.05) is 66.2 Å². The highest BCUT2D eigenvalue weighted by molar-refractivity contribution is 7.99. The third-order valence-electron chi connectivity index (χ3n) is 5.23. The number of hydrogen-bond donors (Lipinski definition) is 1. The van der Waals surface area contributed by atoms with Gasteiger partial charge in [-0.15, -0.1) is 21.5 Å². The minimum Gasteiger partial charge on any atom is -0.325 e. The monoisotopic (exact) mass is 505 g/mol. The van der Waals surface area contributed by atoms with Crippen molar-refractivity contribution in [2.24, 2.45) is 7.05 Å². The molecule has 0 atom stereocenters. The fourth-order valence-electron chi connectivity index (χ4n) is 3.47. The van der Waals surface area contributed by atoms with Crippen LogP contribution in [0.4, 0.5) is 5.69 Å². The molecule has 0 fully saturated rings. The third-order valence-corrected chi connectivity index (χ3v) is 7.57. The molecular formula is C25H20ClN5OS2. The Morgan fingerprint density at radius 3 is 2.53 bits per heavy atom. The van der Waals surface area contributed by atoms with E-state index in [9.17, 15) is 4.79 Å². The topological polar surface area (TPSA) is 72.7 Å². The number of carbonyl (C=O) groups excluding carboxylic acids is 1. The molecule has 34 heavy (non-hydrogen) atoms. The van der Waals surface area contributed by atoms with Gasteiger partial charge in [0.15, 0.2) is 11.0 Å². The fraction of sp³-hybridized carbons (Fsp3) is 0.120. The van der Waals surface area contributed by atoms with Crippen LogP contribution in [0.3, 0.4) is 0 Å². The zero-order valence-corrected chi connectivity index (χ0v) is 20.8. The number of thioether (sulfide) groups is 1. The Morgan fingerprint density at radius 2 is 1.76 bits per heavy atom. The van der Waals surface area contributed by atoms with Crippen molar-refractivity contribution in [3.63, 3.8) is 0 Å². The van der Waals surface area contributed by atoms with Crippen LogP contribution in [0.2, 0.25) is 5.02 Å². The summed E-state index contributed by atoms with van der Waals surface area (Å²) in [5, 5.41) is 13.7. The van der Waals surface area contributed by atoms with Crippen LogP contribution in [0.25, 0.3) is 32.2 Å². The molecule has 1 N–H and O–H groups in total. The predicted octanol–water partition coefficient (Wildman–Crippen LogP) is 6.45. The number of carbonyl (C=O) groups is 1. The number of benzene rings is 3. The van der Waals surface area contributed by atoms with E-state index >= 15 is 0 Å². The lowest BCUT2D eigenvalue weighted by Crippen LogP contribution is -2.14. The maximum absolute atomic E-state index is 12.5. The highest BCUT2D eigenvalue weighted by Gasteiger charge is 2.13. The van der Waals surface area contributed by atoms with Crippen LogP contribution < -0.4 is 5.32 Å². The lowest BCUT2D eigenvalue weighted by Gasteiger charge is -2.06. The zero-order chi connectivity index (χ0) is 23.7. The predicted molar refractivity (Wildman–Crippen MR) is 141 cm³/mol. The molecule has 0 aliphatic heterocycles. The highest BCUT2D eigenvalue weighted by atomic mass is 35.5. The Bertz CT molecular complexity index is 1480. The quantitative estimate of drug-likeness (QED) is 0.268. The SMILES string of the molecule is Cc1ccc2nc(-c3ccc(NC(=O)CSc4nnc(-c5ccc(Cl)cc5)n4C)cc3)sc2c1. The number of aromatic nitrogens is 4. The van der Waals surface area contributed by atoms with Gasteiger partial charge in [0, 0.05) is 28.9 Å². The average molecular weight is 506 g/mol. The van der Waals surface area contributed by atoms with Gasteiger partial charge in [-0.25, -0.2) is 4.98 Å². The summed E-state index contributed by atoms with van der Waals surface area (Å²) in [6.07, 6.45) is 0. The van der Waals surface area contributed by atoms with Crippen LogP contribution >= 0.6 is 34.7 Å². The lowest BCUT2D eigenvalue weighted by molar-refractivity contribution is -0.113. The number of hydrogen-bond acceptors (Lipinski definition) is 6. The summed E-state index contributed by atoms with van der Waals surface area (Å²) in [4.78, 5) is 17.2. The van der Waals surface area contributed by atoms with Gasteiger partial charge >= 0.3 is 0 Å². The van der Waals surface area contributed by atoms with E-state index in [1.165, 1.54) is 22.0 Å². The van der Waals surface area contributed by atoms with Crippen molar-refractivity contribution in [1.82, 2.24) is 19.7 Å². The van der Waals surface area contributed by atoms with Crippen molar-refractivity contribution in [1.29, 1.82) is 0 Å². The van der Waals surface area contributed by atoms with Crippen LogP contribution in [-0.2, 0) is 11.8 Å². The molecule has 2 heterocycles. The Hall–Kier alpha value is -3.20. The first-order valence-electron chi connectivity index (χ1n) is 10.5. The molecule has 0 aliphatic rings. The first-order chi connectivity index (χ1) is 16.5. The van der Waals surface area contributed by atoms with E-state index in [2.05, 4.69) is 34.6 Å². The molecule has 0 unspecified atom stereocenters. The van der Waals surface area contributed by atoms with Crippen LogP contribution in [0.15, 0.2) is 71.9 Å². The lowest BCUT2D eigenvalue weighted by atomic mass is 10.2. The number of amides is 1. The van der Waals surface area contributed by atoms with Crippen molar-refractivity contribution >= 4 is 56.5 Å². The van der Waals surface area contributed by atoms with Gasteiger partial charge in [0.25, 0.3) is 0 Å². The van der Waals surface area contributed by atoms with Gasteiger partial charge in [-0.2, -0.15) is 0 Å². The van der Waals surface area contributed by atoms with Crippen LogP contribution in [0, 0.1) is 6.92 Å². The highest BCUT2D eigenvalue weighted by Crippen LogP contribution is 2.31. The summed E-state index contributed by atoms with van der Waals surface area (Å²) < 4.78 is 3.04. The second kappa shape index (κ2) is 9.58. The molecule has 5 aromatic rings. The van der Waals surface area contributed by atoms with Crippen molar-refractivity contribution in [2.75, 3.05) is 11.1 Å². The number of thiazole rings is 1. The molecule has 1 amide bonds. The van der Waals surface area contributed by atoms with E-state index in [0.717, 1.165) is 33.2 Å². The van der Waals surface area contributed by atoms with E-state index in [0.29, 0.717) is 10.2 Å². The van der Waals surface area contributed by atoms with Gasteiger partial charge in [0.2, 0.25) is 5.91 Å². The summed E-state index contributed by atoms with van der Waals surface area (Å²) in [6.45, 7) is 2.08. The number of fused-ring (bicyclic) bond motifs is 1. The normalized spacial score (nSPS) is 11.1. The number of nitrogens with one attached hydrogen (secondary N) is 1. The molecule has 0 saturated carbocycles. The van der Waals surface area contributed by atoms with Gasteiger partial charge in [-0.1, -0.05) is 29.4 Å². The summed E-state index contributed by atoms with van der Waals surface area (Å²) in [6, 6.07) is 21.4. The Kier molecular flexibility index (Phi) is 6.36. The van der Waals surface area contributed by atoms with E-state index in [4.69, 9.17) is 16.6 Å². The molecule has 0 spiro atoms. The van der Waals surface area contributed by atoms with Crippen LogP contribution in [-0.4, -0.2) is 31.4 Å². The molecular weight excluding hydrogens is 486 g/mol. The molecule has 9 heteroatoms.